The molecule has 1 heterocycles. The molecule has 2 aliphatic rings. The third kappa shape index (κ3) is 4.00. The van der Waals surface area contributed by atoms with Crippen LogP contribution in [0.15, 0.2) is 12.3 Å². The smallest absolute Gasteiger partial charge is 0.110 e. The maximum absolute atomic E-state index is 9.35. The Labute approximate surface area is 104 Å². The van der Waals surface area contributed by atoms with Crippen molar-refractivity contribution in [3.8, 4) is 0 Å². The van der Waals surface area contributed by atoms with Gasteiger partial charge in [0.2, 0.25) is 0 Å². The van der Waals surface area contributed by atoms with E-state index in [9.17, 15) is 5.11 Å². The van der Waals surface area contributed by atoms with Gasteiger partial charge in [-0.15, -0.1) is 0 Å². The molecule has 2 N–H and O–H groups in total. The van der Waals surface area contributed by atoms with Crippen LogP contribution in [0.4, 0.5) is 0 Å². The summed E-state index contributed by atoms with van der Waals surface area (Å²) in [6, 6.07) is 0. The van der Waals surface area contributed by atoms with Crippen molar-refractivity contribution in [2.75, 3.05) is 19.7 Å². The molecule has 0 bridgehead atoms. The Morgan fingerprint density at radius 1 is 1.12 bits per heavy atom. The van der Waals surface area contributed by atoms with E-state index < -0.39 is 0 Å². The van der Waals surface area contributed by atoms with Gasteiger partial charge in [-0.1, -0.05) is 12.8 Å². The summed E-state index contributed by atoms with van der Waals surface area (Å²) in [5, 5.41) is 12.9. The molecule has 3 heteroatoms. The van der Waals surface area contributed by atoms with Gasteiger partial charge >= 0.3 is 0 Å². The standard InChI is InChI=1S/C14H25NO2/c16-11-13-6-2-1-5-12(13)9-15-10-14-7-3-4-8-17-14/h4,8,12-16H,1-3,5-7,9-11H2. The fourth-order valence-corrected chi connectivity index (χ4v) is 2.96. The van der Waals surface area contributed by atoms with Crippen molar-refractivity contribution < 1.29 is 9.84 Å². The third-order valence-electron chi connectivity index (χ3n) is 4.10. The van der Waals surface area contributed by atoms with Gasteiger partial charge in [-0.25, -0.2) is 0 Å². The van der Waals surface area contributed by atoms with E-state index >= 15 is 0 Å². The molecule has 3 nitrogen and oxygen atoms in total. The van der Waals surface area contributed by atoms with Gasteiger partial charge in [0.1, 0.15) is 6.10 Å². The number of nitrogens with one attached hydrogen (secondary N) is 1. The first-order valence-corrected chi connectivity index (χ1v) is 7.02. The molecule has 3 atom stereocenters. The average Bonchev–Trinajstić information content (AvgIpc) is 2.40. The molecule has 1 aliphatic heterocycles. The molecule has 3 unspecified atom stereocenters. The highest BCUT2D eigenvalue weighted by molar-refractivity contribution is 4.83. The molecule has 17 heavy (non-hydrogen) atoms. The minimum absolute atomic E-state index is 0.344. The molecule has 0 spiro atoms. The highest BCUT2D eigenvalue weighted by atomic mass is 16.5. The van der Waals surface area contributed by atoms with Gasteiger partial charge in [0.15, 0.2) is 0 Å². The van der Waals surface area contributed by atoms with E-state index in [2.05, 4.69) is 11.4 Å². The van der Waals surface area contributed by atoms with Crippen LogP contribution in [-0.4, -0.2) is 30.9 Å². The maximum Gasteiger partial charge on any atom is 0.110 e. The summed E-state index contributed by atoms with van der Waals surface area (Å²) in [5.74, 6) is 1.18. The van der Waals surface area contributed by atoms with E-state index in [-0.39, 0.29) is 0 Å². The monoisotopic (exact) mass is 239 g/mol. The van der Waals surface area contributed by atoms with Crippen molar-refractivity contribution >= 4 is 0 Å². The van der Waals surface area contributed by atoms with E-state index in [1.807, 2.05) is 6.26 Å². The average molecular weight is 239 g/mol. The van der Waals surface area contributed by atoms with Crippen molar-refractivity contribution in [3.63, 3.8) is 0 Å². The molecular weight excluding hydrogens is 214 g/mol. The van der Waals surface area contributed by atoms with Crippen molar-refractivity contribution in [2.45, 2.75) is 44.6 Å². The molecule has 0 aromatic heterocycles. The van der Waals surface area contributed by atoms with Crippen molar-refractivity contribution in [3.05, 3.63) is 12.3 Å². The predicted octanol–water partition coefficient (Wildman–Crippen LogP) is 2.07. The topological polar surface area (TPSA) is 41.5 Å². The second kappa shape index (κ2) is 7.02. The summed E-state index contributed by atoms with van der Waals surface area (Å²) in [5.41, 5.74) is 0. The Morgan fingerprint density at radius 3 is 2.65 bits per heavy atom. The SMILES string of the molecule is OCC1CCCCC1CNCC1CCC=CO1. The fraction of sp³-hybridized carbons (Fsp3) is 0.857. The van der Waals surface area contributed by atoms with Crippen LogP contribution in [0, 0.1) is 11.8 Å². The van der Waals surface area contributed by atoms with Gasteiger partial charge in [-0.05, 0) is 50.1 Å². The molecular formula is C14H25NO2. The summed E-state index contributed by atoms with van der Waals surface area (Å²) in [6.45, 7) is 2.34. The lowest BCUT2D eigenvalue weighted by Crippen LogP contribution is -2.36. The summed E-state index contributed by atoms with van der Waals surface area (Å²) < 4.78 is 5.53. The molecule has 0 radical (unpaired) electrons. The van der Waals surface area contributed by atoms with Crippen LogP contribution >= 0.6 is 0 Å². The Balaban J connectivity index is 1.64. The summed E-state index contributed by atoms with van der Waals surface area (Å²) >= 11 is 0. The Morgan fingerprint density at radius 2 is 1.94 bits per heavy atom. The zero-order valence-corrected chi connectivity index (χ0v) is 10.6. The second-order valence-electron chi connectivity index (χ2n) is 5.35. The largest absolute Gasteiger partial charge is 0.497 e. The third-order valence-corrected chi connectivity index (χ3v) is 4.10. The van der Waals surface area contributed by atoms with Crippen molar-refractivity contribution in [2.24, 2.45) is 11.8 Å². The minimum Gasteiger partial charge on any atom is -0.497 e. The van der Waals surface area contributed by atoms with Gasteiger partial charge in [-0.3, -0.25) is 0 Å². The number of allylic oxidation sites excluding steroid dienone is 1. The van der Waals surface area contributed by atoms with Crippen LogP contribution in [0.25, 0.3) is 0 Å². The van der Waals surface area contributed by atoms with Crippen molar-refractivity contribution in [1.82, 2.24) is 5.32 Å². The number of ether oxygens (including phenoxy) is 1. The Kier molecular flexibility index (Phi) is 5.33. The van der Waals surface area contributed by atoms with E-state index in [0.29, 0.717) is 24.5 Å². The highest BCUT2D eigenvalue weighted by Gasteiger charge is 2.24. The molecule has 0 aromatic rings. The fourth-order valence-electron chi connectivity index (χ4n) is 2.96. The predicted molar refractivity (Wildman–Crippen MR) is 68.7 cm³/mol. The van der Waals surface area contributed by atoms with Crippen LogP contribution in [0.1, 0.15) is 38.5 Å². The lowest BCUT2D eigenvalue weighted by atomic mass is 9.79. The molecule has 98 valence electrons. The number of hydrogen-bond donors (Lipinski definition) is 2. The first-order valence-electron chi connectivity index (χ1n) is 7.02. The van der Waals surface area contributed by atoms with Gasteiger partial charge < -0.3 is 15.2 Å². The number of aliphatic hydroxyl groups excluding tert-OH is 1. The normalized spacial score (nSPS) is 33.4. The number of rotatable bonds is 5. The number of hydrogen-bond acceptors (Lipinski definition) is 3. The lowest BCUT2D eigenvalue weighted by molar-refractivity contribution is 0.108. The molecule has 0 amide bonds. The van der Waals surface area contributed by atoms with E-state index in [1.54, 1.807) is 0 Å². The summed E-state index contributed by atoms with van der Waals surface area (Å²) in [6.07, 6.45) is 11.6. The zero-order chi connectivity index (χ0) is 11.9. The molecule has 0 aromatic carbocycles. The quantitative estimate of drug-likeness (QED) is 0.771. The van der Waals surface area contributed by atoms with Gasteiger partial charge in [-0.2, -0.15) is 0 Å². The van der Waals surface area contributed by atoms with Crippen LogP contribution in [0.3, 0.4) is 0 Å². The lowest BCUT2D eigenvalue weighted by Gasteiger charge is -2.31. The van der Waals surface area contributed by atoms with Gasteiger partial charge in [0.05, 0.1) is 6.26 Å². The minimum atomic E-state index is 0.344. The van der Waals surface area contributed by atoms with Gasteiger partial charge in [0.25, 0.3) is 0 Å². The first-order chi connectivity index (χ1) is 8.40. The van der Waals surface area contributed by atoms with Crippen molar-refractivity contribution in [1.29, 1.82) is 0 Å². The molecule has 1 fully saturated rings. The van der Waals surface area contributed by atoms with Crippen LogP contribution in [0.2, 0.25) is 0 Å². The summed E-state index contributed by atoms with van der Waals surface area (Å²) in [7, 11) is 0. The van der Waals surface area contributed by atoms with Crippen LogP contribution in [-0.2, 0) is 4.74 Å². The molecule has 2 rings (SSSR count). The van der Waals surface area contributed by atoms with E-state index in [4.69, 9.17) is 4.74 Å². The summed E-state index contributed by atoms with van der Waals surface area (Å²) in [4.78, 5) is 0. The Hall–Kier alpha value is -0.540. The Bertz CT molecular complexity index is 242. The van der Waals surface area contributed by atoms with Gasteiger partial charge in [0, 0.05) is 13.2 Å². The second-order valence-corrected chi connectivity index (χ2v) is 5.35. The molecule has 1 saturated carbocycles. The zero-order valence-electron chi connectivity index (χ0n) is 10.6. The van der Waals surface area contributed by atoms with E-state index in [0.717, 1.165) is 25.9 Å². The first kappa shape index (κ1) is 12.9. The van der Waals surface area contributed by atoms with E-state index in [1.165, 1.54) is 25.7 Å². The maximum atomic E-state index is 9.35. The highest BCUT2D eigenvalue weighted by Crippen LogP contribution is 2.29. The molecule has 1 aliphatic carbocycles. The molecule has 0 saturated heterocycles. The van der Waals surface area contributed by atoms with Crippen LogP contribution < -0.4 is 5.32 Å². The number of aliphatic hydroxyl groups is 1. The van der Waals surface area contributed by atoms with Crippen LogP contribution in [0.5, 0.6) is 0 Å².